The molecule has 1 aliphatic heterocycles. The lowest BCUT2D eigenvalue weighted by atomic mass is 9.96. The average molecular weight is 1100 g/mol. The smallest absolute Gasteiger partial charge is 0.328 e. The van der Waals surface area contributed by atoms with Gasteiger partial charge in [-0.1, -0.05) is 104 Å². The molecule has 434 valence electrons. The van der Waals surface area contributed by atoms with Crippen LogP contribution in [0.1, 0.15) is 98.6 Å². The Morgan fingerprint density at radius 3 is 1.91 bits per heavy atom. The molecule has 2 aromatic rings. The Kier molecular flexibility index (Phi) is 26.7. The van der Waals surface area contributed by atoms with E-state index in [1.807, 2.05) is 45.9 Å². The Morgan fingerprint density at radius 2 is 1.36 bits per heavy atom. The number of rotatable bonds is 30. The van der Waals surface area contributed by atoms with Gasteiger partial charge in [0.1, 0.15) is 42.0 Å². The molecule has 0 unspecified atom stereocenters. The minimum absolute atomic E-state index is 0.0473. The lowest BCUT2D eigenvalue weighted by molar-refractivity contribution is -0.165. The fourth-order valence-corrected chi connectivity index (χ4v) is 9.26. The van der Waals surface area contributed by atoms with Gasteiger partial charge in [0.15, 0.2) is 6.10 Å². The second-order valence-corrected chi connectivity index (χ2v) is 21.5. The highest BCUT2D eigenvalue weighted by Gasteiger charge is 2.41. The number of hydrogen-bond acceptors (Lipinski definition) is 15. The number of aliphatic hydroxyl groups excluding tert-OH is 2. The summed E-state index contributed by atoms with van der Waals surface area (Å²) in [6.07, 6.45) is -1.72. The van der Waals surface area contributed by atoms with Crippen molar-refractivity contribution in [1.82, 2.24) is 41.3 Å². The summed E-state index contributed by atoms with van der Waals surface area (Å²) >= 11 is 0. The summed E-state index contributed by atoms with van der Waals surface area (Å²) in [7, 11) is 6.14. The first-order valence-corrected chi connectivity index (χ1v) is 26.8. The van der Waals surface area contributed by atoms with E-state index >= 15 is 0 Å². The lowest BCUT2D eigenvalue weighted by Crippen LogP contribution is -2.59. The number of carbonyl (C=O) groups is 9. The van der Waals surface area contributed by atoms with Crippen molar-refractivity contribution in [2.75, 3.05) is 47.9 Å². The fraction of sp³-hybridized carbons (Fsp3) is 0.625. The Labute approximate surface area is 459 Å². The number of phenolic OH excluding ortho intramolecular Hbond substituents is 1. The molecule has 2 aromatic carbocycles. The standard InChI is InChI=1S/C56H86N8O14/c1-13-35(8)48(62(9)10)56(76)78-49(34(6)7)53(73)59-40(27-37-21-23-38(66)24-22-37)50(70)60-41(31-65)51(71)58-39(26-32(2)3)44(67)29-45(68)61-47(33(4)5)52(72)57-30-46(69)63(11)43(28-36-18-15-14-16-19-36)54(74)64-25-17-20-42(64)55(75)77-12/h14-16,18-19,21-24,32-35,39-44,47-49,65-67H,13,17,20,25-31H2,1-12H3,(H,57,72)(H,58,71)(H,59,73)(H,60,70)(H,61,68)/t35-,39-,40-,41-,42-,43+,44-,47-,48-,49+/m0/s1. The molecular formula is C56H86N8O14. The molecule has 1 aliphatic rings. The molecule has 0 bridgehead atoms. The third kappa shape index (κ3) is 19.7. The predicted octanol–water partition coefficient (Wildman–Crippen LogP) is 1.21. The van der Waals surface area contributed by atoms with Crippen molar-refractivity contribution in [1.29, 1.82) is 0 Å². The van der Waals surface area contributed by atoms with Crippen molar-refractivity contribution in [3.8, 4) is 5.75 Å². The molecule has 0 saturated carbocycles. The molecule has 22 nitrogen and oxygen atoms in total. The largest absolute Gasteiger partial charge is 0.508 e. The van der Waals surface area contributed by atoms with E-state index in [2.05, 4.69) is 26.6 Å². The monoisotopic (exact) mass is 1090 g/mol. The molecule has 22 heteroatoms. The number of nitrogens with zero attached hydrogens (tertiary/aromatic N) is 3. The van der Waals surface area contributed by atoms with Crippen molar-refractivity contribution < 1.29 is 67.9 Å². The zero-order valence-corrected chi connectivity index (χ0v) is 47.4. The molecule has 78 heavy (non-hydrogen) atoms. The van der Waals surface area contributed by atoms with Gasteiger partial charge in [-0.3, -0.25) is 43.3 Å². The molecule has 10 atom stereocenters. The Balaban J connectivity index is 1.74. The Hall–Kier alpha value is -6.65. The summed E-state index contributed by atoms with van der Waals surface area (Å²) in [6.45, 7) is 13.0. The first-order chi connectivity index (χ1) is 36.7. The van der Waals surface area contributed by atoms with Gasteiger partial charge < -0.3 is 61.2 Å². The first-order valence-electron chi connectivity index (χ1n) is 26.8. The third-order valence-electron chi connectivity index (χ3n) is 13.9. The van der Waals surface area contributed by atoms with Crippen molar-refractivity contribution in [2.24, 2.45) is 23.7 Å². The van der Waals surface area contributed by atoms with Gasteiger partial charge in [0.25, 0.3) is 5.91 Å². The van der Waals surface area contributed by atoms with E-state index in [1.54, 1.807) is 58.8 Å². The number of ether oxygens (including phenoxy) is 2. The van der Waals surface area contributed by atoms with Crippen LogP contribution in [-0.2, 0) is 65.5 Å². The highest BCUT2D eigenvalue weighted by atomic mass is 16.6. The van der Waals surface area contributed by atoms with Gasteiger partial charge >= 0.3 is 11.9 Å². The number of methoxy groups -OCH3 is 1. The zero-order chi connectivity index (χ0) is 58.6. The van der Waals surface area contributed by atoms with E-state index in [0.29, 0.717) is 31.4 Å². The normalized spacial score (nSPS) is 16.9. The SMILES string of the molecule is CC[C@H](C)[C@@H](C(=O)O[C@@H](C(=O)N[C@@H](Cc1ccc(O)cc1)C(=O)N[C@@H](CO)C(=O)N[C@@H](CC(C)C)[C@@H](O)CC(=O)N[C@H](C(=O)NCC(=O)N(C)[C@H](Cc1ccccc1)C(=O)N1CCC[C@H]1C(=O)OC)C(C)C)C(C)C)N(C)C. The van der Waals surface area contributed by atoms with E-state index in [9.17, 15) is 58.5 Å². The van der Waals surface area contributed by atoms with Crippen LogP contribution in [-0.4, -0.2) is 186 Å². The number of phenols is 1. The first kappa shape index (κ1) is 65.6. The maximum Gasteiger partial charge on any atom is 0.328 e. The lowest BCUT2D eigenvalue weighted by Gasteiger charge is -2.33. The van der Waals surface area contributed by atoms with E-state index < -0.39 is 139 Å². The van der Waals surface area contributed by atoms with Crippen LogP contribution in [0, 0.1) is 23.7 Å². The summed E-state index contributed by atoms with van der Waals surface area (Å²) < 4.78 is 10.7. The van der Waals surface area contributed by atoms with Crippen LogP contribution in [0.3, 0.4) is 0 Å². The maximum absolute atomic E-state index is 14.1. The molecule has 1 saturated heterocycles. The van der Waals surface area contributed by atoms with Gasteiger partial charge in [-0.25, -0.2) is 4.79 Å². The van der Waals surface area contributed by atoms with Crippen molar-refractivity contribution >= 4 is 53.3 Å². The van der Waals surface area contributed by atoms with Crippen molar-refractivity contribution in [3.63, 3.8) is 0 Å². The summed E-state index contributed by atoms with van der Waals surface area (Å²) in [5.74, 6) is -7.71. The highest BCUT2D eigenvalue weighted by Crippen LogP contribution is 2.23. The van der Waals surface area contributed by atoms with Gasteiger partial charge in [-0.15, -0.1) is 0 Å². The van der Waals surface area contributed by atoms with Gasteiger partial charge in [-0.2, -0.15) is 0 Å². The Morgan fingerprint density at radius 1 is 0.756 bits per heavy atom. The number of aromatic hydroxyl groups is 1. The van der Waals surface area contributed by atoms with Gasteiger partial charge in [0.05, 0.1) is 38.8 Å². The summed E-state index contributed by atoms with van der Waals surface area (Å²) in [5, 5.41) is 44.8. The molecule has 0 spiro atoms. The zero-order valence-electron chi connectivity index (χ0n) is 47.4. The number of carbonyl (C=O) groups excluding carboxylic acids is 9. The quantitative estimate of drug-likeness (QED) is 0.0511. The molecule has 0 aromatic heterocycles. The summed E-state index contributed by atoms with van der Waals surface area (Å²) in [6, 6.07) is 7.06. The molecule has 0 aliphatic carbocycles. The van der Waals surface area contributed by atoms with Crippen LogP contribution < -0.4 is 26.6 Å². The van der Waals surface area contributed by atoms with Gasteiger partial charge in [0.2, 0.25) is 35.4 Å². The molecule has 1 fully saturated rings. The number of nitrogens with one attached hydrogen (secondary N) is 5. The number of amides is 7. The minimum Gasteiger partial charge on any atom is -0.508 e. The number of likely N-dealkylation sites (tertiary alicyclic amines) is 1. The predicted molar refractivity (Wildman–Crippen MR) is 290 cm³/mol. The van der Waals surface area contributed by atoms with Crippen LogP contribution in [0.4, 0.5) is 0 Å². The number of esters is 2. The molecule has 3 rings (SSSR count). The van der Waals surface area contributed by atoms with Crippen LogP contribution in [0.5, 0.6) is 5.75 Å². The molecule has 8 N–H and O–H groups in total. The summed E-state index contributed by atoms with van der Waals surface area (Å²) in [4.78, 5) is 127. The molecule has 0 radical (unpaired) electrons. The third-order valence-corrected chi connectivity index (χ3v) is 13.9. The second-order valence-electron chi connectivity index (χ2n) is 21.5. The van der Waals surface area contributed by atoms with Crippen LogP contribution in [0.2, 0.25) is 0 Å². The van der Waals surface area contributed by atoms with Crippen molar-refractivity contribution in [3.05, 3.63) is 65.7 Å². The van der Waals surface area contributed by atoms with E-state index in [0.717, 1.165) is 5.56 Å². The number of likely N-dealkylation sites (N-methyl/N-ethyl adjacent to an activating group) is 2. The van der Waals surface area contributed by atoms with Crippen molar-refractivity contribution in [2.45, 2.75) is 155 Å². The van der Waals surface area contributed by atoms with E-state index in [-0.39, 0.29) is 36.8 Å². The highest BCUT2D eigenvalue weighted by molar-refractivity contribution is 5.95. The molecular weight excluding hydrogens is 1010 g/mol. The maximum atomic E-state index is 14.1. The number of benzene rings is 2. The topological polar surface area (TPSA) is 303 Å². The van der Waals surface area contributed by atoms with Crippen LogP contribution >= 0.6 is 0 Å². The molecule has 7 amide bonds. The van der Waals surface area contributed by atoms with E-state index in [1.165, 1.54) is 48.2 Å². The summed E-state index contributed by atoms with van der Waals surface area (Å²) in [5.41, 5.74) is 1.26. The number of hydrogen-bond donors (Lipinski definition) is 8. The molecule has 1 heterocycles. The number of aliphatic hydroxyl groups is 2. The van der Waals surface area contributed by atoms with Crippen LogP contribution in [0.15, 0.2) is 54.6 Å². The average Bonchev–Trinajstić information content (AvgIpc) is 3.89. The van der Waals surface area contributed by atoms with E-state index in [4.69, 9.17) is 9.47 Å². The Bertz CT molecular complexity index is 2320. The second kappa shape index (κ2) is 31.7. The fourth-order valence-electron chi connectivity index (χ4n) is 9.26. The van der Waals surface area contributed by atoms with Crippen LogP contribution in [0.25, 0.3) is 0 Å². The van der Waals surface area contributed by atoms with Gasteiger partial charge in [-0.05, 0) is 80.3 Å². The van der Waals surface area contributed by atoms with Gasteiger partial charge in [0, 0.05) is 26.4 Å². The minimum atomic E-state index is -1.62.